The Morgan fingerprint density at radius 2 is 1.80 bits per heavy atom. The van der Waals surface area contributed by atoms with Gasteiger partial charge in [0.25, 0.3) is 0 Å². The van der Waals surface area contributed by atoms with E-state index in [0.717, 1.165) is 31.6 Å². The molecule has 0 unspecified atom stereocenters. The molecule has 2 heteroatoms. The Morgan fingerprint density at radius 1 is 1.20 bits per heavy atom. The van der Waals surface area contributed by atoms with E-state index in [1.165, 1.54) is 0 Å². The Balaban J connectivity index is 3.43. The lowest BCUT2D eigenvalue weighted by molar-refractivity contribution is 0.144. The fourth-order valence-corrected chi connectivity index (χ4v) is 0.607. The van der Waals surface area contributed by atoms with E-state index in [1.54, 1.807) is 0 Å². The maximum atomic E-state index is 5.01. The molecule has 0 heterocycles. The zero-order valence-electron chi connectivity index (χ0n) is 7.18. The van der Waals surface area contributed by atoms with Crippen molar-refractivity contribution in [3.63, 3.8) is 0 Å². The van der Waals surface area contributed by atoms with Gasteiger partial charge in [0.15, 0.2) is 0 Å². The van der Waals surface area contributed by atoms with Crippen LogP contribution in [-0.4, -0.2) is 12.3 Å². The fourth-order valence-electron chi connectivity index (χ4n) is 0.607. The first-order chi connectivity index (χ1) is 4.85. The Labute approximate surface area is 63.3 Å². The van der Waals surface area contributed by atoms with Gasteiger partial charge in [-0.3, -0.25) is 0 Å². The van der Waals surface area contributed by atoms with Crippen molar-refractivity contribution >= 4 is 5.71 Å². The highest BCUT2D eigenvalue weighted by Gasteiger charge is 1.90. The predicted octanol–water partition coefficient (Wildman–Crippen LogP) is 2.59. The Bertz CT molecular complexity index is 93.4. The summed E-state index contributed by atoms with van der Waals surface area (Å²) in [6.07, 6.45) is 3.03. The topological polar surface area (TPSA) is 21.6 Å². The second-order valence-corrected chi connectivity index (χ2v) is 2.20. The van der Waals surface area contributed by atoms with Gasteiger partial charge in [0.1, 0.15) is 6.61 Å². The van der Waals surface area contributed by atoms with Gasteiger partial charge in [-0.2, -0.15) is 0 Å². The average molecular weight is 143 g/mol. The molecule has 0 saturated carbocycles. The Hall–Kier alpha value is -0.530. The van der Waals surface area contributed by atoms with E-state index in [0.29, 0.717) is 0 Å². The van der Waals surface area contributed by atoms with Crippen LogP contribution < -0.4 is 0 Å². The lowest BCUT2D eigenvalue weighted by Crippen LogP contribution is -1.95. The van der Waals surface area contributed by atoms with Crippen LogP contribution in [0.5, 0.6) is 0 Å². The van der Waals surface area contributed by atoms with Crippen LogP contribution >= 0.6 is 0 Å². The smallest absolute Gasteiger partial charge is 0.116 e. The van der Waals surface area contributed by atoms with Crippen LogP contribution in [0.25, 0.3) is 0 Å². The van der Waals surface area contributed by atoms with Crippen molar-refractivity contribution in [1.82, 2.24) is 0 Å². The summed E-state index contributed by atoms with van der Waals surface area (Å²) in [5.41, 5.74) is 1.15. The fraction of sp³-hybridized carbons (Fsp3) is 0.875. The van der Waals surface area contributed by atoms with Gasteiger partial charge in [0, 0.05) is 0 Å². The highest BCUT2D eigenvalue weighted by molar-refractivity contribution is 5.83. The van der Waals surface area contributed by atoms with Gasteiger partial charge in [-0.25, -0.2) is 0 Å². The maximum absolute atomic E-state index is 5.01. The molecule has 0 aromatic carbocycles. The highest BCUT2D eigenvalue weighted by atomic mass is 16.6. The molecule has 0 radical (unpaired) electrons. The summed E-state index contributed by atoms with van der Waals surface area (Å²) in [5, 5.41) is 3.97. The molecule has 0 amide bonds. The molecule has 0 spiro atoms. The van der Waals surface area contributed by atoms with Crippen LogP contribution in [0.4, 0.5) is 0 Å². The quantitative estimate of drug-likeness (QED) is 0.329. The minimum Gasteiger partial charge on any atom is -0.396 e. The number of nitrogens with zero attached hydrogens (tertiary/aromatic N) is 1. The molecule has 0 N–H and O–H groups in total. The molecule has 0 aromatic rings. The molecule has 0 bridgehead atoms. The van der Waals surface area contributed by atoms with E-state index < -0.39 is 0 Å². The van der Waals surface area contributed by atoms with Gasteiger partial charge in [0.05, 0.1) is 5.71 Å². The van der Waals surface area contributed by atoms with Crippen LogP contribution in [0.2, 0.25) is 0 Å². The number of rotatable bonds is 5. The van der Waals surface area contributed by atoms with Crippen molar-refractivity contribution in [3.05, 3.63) is 0 Å². The molecule has 0 aromatic heterocycles. The molecular formula is C8H17NO. The standard InChI is InChI=1S/C8H17NO/c1-4-7-10-9-8(5-2)6-3/h4-7H2,1-3H3. The van der Waals surface area contributed by atoms with E-state index in [4.69, 9.17) is 4.84 Å². The molecule has 0 aliphatic heterocycles. The molecule has 0 atom stereocenters. The van der Waals surface area contributed by atoms with E-state index in [-0.39, 0.29) is 0 Å². The molecule has 2 nitrogen and oxygen atoms in total. The summed E-state index contributed by atoms with van der Waals surface area (Å²) >= 11 is 0. The van der Waals surface area contributed by atoms with Crippen LogP contribution in [0.1, 0.15) is 40.0 Å². The largest absolute Gasteiger partial charge is 0.396 e. The molecule has 0 saturated heterocycles. The Kier molecular flexibility index (Phi) is 6.24. The van der Waals surface area contributed by atoms with Crippen molar-refractivity contribution in [2.24, 2.45) is 5.16 Å². The van der Waals surface area contributed by atoms with Crippen LogP contribution in [0.15, 0.2) is 5.16 Å². The SMILES string of the molecule is CCCON=C(CC)CC. The first-order valence-corrected chi connectivity index (χ1v) is 4.02. The number of hydrogen-bond donors (Lipinski definition) is 0. The molecule has 0 aliphatic rings. The first kappa shape index (κ1) is 9.47. The van der Waals surface area contributed by atoms with Crippen LogP contribution in [0, 0.1) is 0 Å². The highest BCUT2D eigenvalue weighted by Crippen LogP contribution is 1.93. The molecular weight excluding hydrogens is 126 g/mol. The van der Waals surface area contributed by atoms with Gasteiger partial charge < -0.3 is 4.84 Å². The molecule has 0 fully saturated rings. The van der Waals surface area contributed by atoms with Crippen molar-refractivity contribution in [2.75, 3.05) is 6.61 Å². The van der Waals surface area contributed by atoms with Crippen molar-refractivity contribution in [2.45, 2.75) is 40.0 Å². The summed E-state index contributed by atoms with van der Waals surface area (Å²) in [6, 6.07) is 0. The summed E-state index contributed by atoms with van der Waals surface area (Å²) in [4.78, 5) is 5.01. The summed E-state index contributed by atoms with van der Waals surface area (Å²) in [6.45, 7) is 7.01. The van der Waals surface area contributed by atoms with E-state index >= 15 is 0 Å². The first-order valence-electron chi connectivity index (χ1n) is 4.02. The molecule has 60 valence electrons. The average Bonchev–Trinajstić information content (AvgIpc) is 1.99. The predicted molar refractivity (Wildman–Crippen MR) is 44.3 cm³/mol. The van der Waals surface area contributed by atoms with Gasteiger partial charge in [-0.1, -0.05) is 25.9 Å². The molecule has 0 aliphatic carbocycles. The summed E-state index contributed by atoms with van der Waals surface area (Å²) in [5.74, 6) is 0. The monoisotopic (exact) mass is 143 g/mol. The zero-order valence-corrected chi connectivity index (χ0v) is 7.18. The number of hydrogen-bond acceptors (Lipinski definition) is 2. The summed E-state index contributed by atoms with van der Waals surface area (Å²) < 4.78 is 0. The van der Waals surface area contributed by atoms with Crippen LogP contribution in [0.3, 0.4) is 0 Å². The third-order valence-electron chi connectivity index (χ3n) is 1.31. The maximum Gasteiger partial charge on any atom is 0.116 e. The van der Waals surface area contributed by atoms with Crippen molar-refractivity contribution in [1.29, 1.82) is 0 Å². The normalized spacial score (nSPS) is 9.10. The van der Waals surface area contributed by atoms with Gasteiger partial charge in [0.2, 0.25) is 0 Å². The van der Waals surface area contributed by atoms with Crippen LogP contribution in [-0.2, 0) is 4.84 Å². The van der Waals surface area contributed by atoms with Crippen molar-refractivity contribution < 1.29 is 4.84 Å². The van der Waals surface area contributed by atoms with E-state index in [2.05, 4.69) is 25.9 Å². The minimum atomic E-state index is 0.740. The second kappa shape index (κ2) is 6.59. The van der Waals surface area contributed by atoms with Gasteiger partial charge >= 0.3 is 0 Å². The third-order valence-corrected chi connectivity index (χ3v) is 1.31. The third kappa shape index (κ3) is 4.36. The second-order valence-electron chi connectivity index (χ2n) is 2.20. The lowest BCUT2D eigenvalue weighted by Gasteiger charge is -1.98. The van der Waals surface area contributed by atoms with Crippen molar-refractivity contribution in [3.8, 4) is 0 Å². The van der Waals surface area contributed by atoms with Gasteiger partial charge in [-0.05, 0) is 19.3 Å². The van der Waals surface area contributed by atoms with E-state index in [1.807, 2.05) is 0 Å². The molecule has 0 rings (SSSR count). The zero-order chi connectivity index (χ0) is 7.82. The van der Waals surface area contributed by atoms with Gasteiger partial charge in [-0.15, -0.1) is 0 Å². The lowest BCUT2D eigenvalue weighted by atomic mass is 10.2. The van der Waals surface area contributed by atoms with E-state index in [9.17, 15) is 0 Å². The molecule has 10 heavy (non-hydrogen) atoms. The summed E-state index contributed by atoms with van der Waals surface area (Å²) in [7, 11) is 0. The Morgan fingerprint density at radius 3 is 2.20 bits per heavy atom. The number of oxime groups is 1. The minimum absolute atomic E-state index is 0.740.